The number of carbonyl (C=O) groups is 1. The fourth-order valence-electron chi connectivity index (χ4n) is 1.45. The summed E-state index contributed by atoms with van der Waals surface area (Å²) in [6.45, 7) is 1.60. The van der Waals surface area contributed by atoms with Crippen LogP contribution in [0.25, 0.3) is 0 Å². The second-order valence-electron chi connectivity index (χ2n) is 3.66. The van der Waals surface area contributed by atoms with Crippen LogP contribution < -0.4 is 25.3 Å². The van der Waals surface area contributed by atoms with Gasteiger partial charge in [0.25, 0.3) is 0 Å². The third-order valence-corrected chi connectivity index (χ3v) is 2.38. The Morgan fingerprint density at radius 1 is 1.16 bits per heavy atom. The van der Waals surface area contributed by atoms with Crippen molar-refractivity contribution in [2.75, 3.05) is 26.6 Å². The molecule has 0 fully saturated rings. The molecule has 0 aliphatic carbocycles. The van der Waals surface area contributed by atoms with E-state index in [1.165, 1.54) is 21.3 Å². The Balaban J connectivity index is 0.00000324. The van der Waals surface area contributed by atoms with E-state index in [0.717, 1.165) is 0 Å². The van der Waals surface area contributed by atoms with E-state index in [4.69, 9.17) is 19.9 Å². The first-order valence-corrected chi connectivity index (χ1v) is 5.40. The van der Waals surface area contributed by atoms with Crippen molar-refractivity contribution in [2.45, 2.75) is 13.0 Å². The van der Waals surface area contributed by atoms with Crippen LogP contribution >= 0.6 is 12.4 Å². The lowest BCUT2D eigenvalue weighted by atomic mass is 10.2. The van der Waals surface area contributed by atoms with Gasteiger partial charge in [0.15, 0.2) is 11.5 Å². The van der Waals surface area contributed by atoms with Crippen LogP contribution in [0, 0.1) is 0 Å². The van der Waals surface area contributed by atoms with Crippen LogP contribution in [0.1, 0.15) is 6.92 Å². The van der Waals surface area contributed by atoms with Crippen LogP contribution in [0.5, 0.6) is 17.2 Å². The molecule has 0 aromatic heterocycles. The first-order chi connectivity index (χ1) is 8.54. The number of hydrogen-bond donors (Lipinski definition) is 2. The van der Waals surface area contributed by atoms with E-state index >= 15 is 0 Å². The van der Waals surface area contributed by atoms with Crippen LogP contribution in [0.15, 0.2) is 12.1 Å². The van der Waals surface area contributed by atoms with Crippen molar-refractivity contribution in [3.8, 4) is 17.2 Å². The van der Waals surface area contributed by atoms with Gasteiger partial charge in [-0.1, -0.05) is 0 Å². The minimum absolute atomic E-state index is 0. The van der Waals surface area contributed by atoms with Crippen LogP contribution in [0.2, 0.25) is 0 Å². The van der Waals surface area contributed by atoms with Gasteiger partial charge in [-0.15, -0.1) is 12.4 Å². The predicted octanol–water partition coefficient (Wildman–Crippen LogP) is 1.42. The van der Waals surface area contributed by atoms with Gasteiger partial charge in [0, 0.05) is 0 Å². The molecule has 0 radical (unpaired) electrons. The molecular weight excluding hydrogens is 272 g/mol. The lowest BCUT2D eigenvalue weighted by molar-refractivity contribution is -0.117. The number of halogens is 1. The molecule has 7 heteroatoms. The molecule has 108 valence electrons. The Hall–Kier alpha value is -1.66. The zero-order valence-corrected chi connectivity index (χ0v) is 12.2. The summed E-state index contributed by atoms with van der Waals surface area (Å²) in [5.41, 5.74) is 5.98. The van der Waals surface area contributed by atoms with Gasteiger partial charge in [-0.25, -0.2) is 0 Å². The molecule has 1 rings (SSSR count). The minimum atomic E-state index is -0.609. The van der Waals surface area contributed by atoms with E-state index in [1.54, 1.807) is 19.1 Å². The van der Waals surface area contributed by atoms with Gasteiger partial charge in [0.05, 0.1) is 33.1 Å². The van der Waals surface area contributed by atoms with E-state index in [-0.39, 0.29) is 18.3 Å². The zero-order valence-electron chi connectivity index (χ0n) is 11.4. The van der Waals surface area contributed by atoms with Crippen molar-refractivity contribution in [1.82, 2.24) is 0 Å². The number of anilines is 1. The van der Waals surface area contributed by atoms with E-state index in [0.29, 0.717) is 22.9 Å². The summed E-state index contributed by atoms with van der Waals surface area (Å²) in [5.74, 6) is 1.03. The van der Waals surface area contributed by atoms with Gasteiger partial charge in [-0.05, 0) is 19.1 Å². The molecule has 19 heavy (non-hydrogen) atoms. The Morgan fingerprint density at radius 2 is 1.74 bits per heavy atom. The van der Waals surface area contributed by atoms with Gasteiger partial charge >= 0.3 is 0 Å². The maximum absolute atomic E-state index is 11.6. The van der Waals surface area contributed by atoms with Crippen molar-refractivity contribution in [1.29, 1.82) is 0 Å². The largest absolute Gasteiger partial charge is 0.493 e. The zero-order chi connectivity index (χ0) is 13.7. The summed E-state index contributed by atoms with van der Waals surface area (Å²) in [4.78, 5) is 11.6. The van der Waals surface area contributed by atoms with Crippen LogP contribution in [-0.4, -0.2) is 33.3 Å². The molecule has 0 unspecified atom stereocenters. The number of rotatable bonds is 5. The molecule has 1 aromatic carbocycles. The molecule has 0 saturated heterocycles. The van der Waals surface area contributed by atoms with Crippen molar-refractivity contribution < 1.29 is 19.0 Å². The molecule has 6 nitrogen and oxygen atoms in total. The van der Waals surface area contributed by atoms with Crippen molar-refractivity contribution in [3.05, 3.63) is 12.1 Å². The predicted molar refractivity (Wildman–Crippen MR) is 75.6 cm³/mol. The quantitative estimate of drug-likeness (QED) is 0.857. The average molecular weight is 291 g/mol. The van der Waals surface area contributed by atoms with E-state index in [9.17, 15) is 4.79 Å². The SMILES string of the molecule is COc1ccc(NC(=O)[C@@H](C)N)c(OC)c1OC.Cl. The molecule has 1 amide bonds. The van der Waals surface area contributed by atoms with Gasteiger partial charge in [0.1, 0.15) is 0 Å². The fraction of sp³-hybridized carbons (Fsp3) is 0.417. The second kappa shape index (κ2) is 7.70. The highest BCUT2D eigenvalue weighted by Crippen LogP contribution is 2.42. The van der Waals surface area contributed by atoms with Crippen LogP contribution in [-0.2, 0) is 4.79 Å². The first kappa shape index (κ1) is 17.3. The maximum atomic E-state index is 11.6. The average Bonchev–Trinajstić information content (AvgIpc) is 2.37. The highest BCUT2D eigenvalue weighted by Gasteiger charge is 2.18. The number of nitrogens with two attached hydrogens (primary N) is 1. The lowest BCUT2D eigenvalue weighted by Gasteiger charge is -2.16. The topological polar surface area (TPSA) is 82.8 Å². The smallest absolute Gasteiger partial charge is 0.241 e. The van der Waals surface area contributed by atoms with Crippen molar-refractivity contribution in [2.24, 2.45) is 5.73 Å². The molecule has 0 spiro atoms. The van der Waals surface area contributed by atoms with E-state index in [1.807, 2.05) is 0 Å². The number of methoxy groups -OCH3 is 3. The Bertz CT molecular complexity index is 438. The fourth-order valence-corrected chi connectivity index (χ4v) is 1.45. The minimum Gasteiger partial charge on any atom is -0.493 e. The molecule has 1 atom stereocenters. The lowest BCUT2D eigenvalue weighted by Crippen LogP contribution is -2.32. The van der Waals surface area contributed by atoms with Gasteiger partial charge in [-0.3, -0.25) is 4.79 Å². The summed E-state index contributed by atoms with van der Waals surface area (Å²) in [6, 6.07) is 2.74. The van der Waals surface area contributed by atoms with Gasteiger partial charge in [0.2, 0.25) is 11.7 Å². The second-order valence-corrected chi connectivity index (χ2v) is 3.66. The summed E-state index contributed by atoms with van der Waals surface area (Å²) in [6.07, 6.45) is 0. The number of nitrogens with one attached hydrogen (secondary N) is 1. The number of benzene rings is 1. The molecule has 0 bridgehead atoms. The van der Waals surface area contributed by atoms with Crippen molar-refractivity contribution >= 4 is 24.0 Å². The monoisotopic (exact) mass is 290 g/mol. The molecule has 1 aromatic rings. The maximum Gasteiger partial charge on any atom is 0.241 e. The number of hydrogen-bond acceptors (Lipinski definition) is 5. The normalized spacial score (nSPS) is 11.0. The first-order valence-electron chi connectivity index (χ1n) is 5.40. The third-order valence-electron chi connectivity index (χ3n) is 2.38. The van der Waals surface area contributed by atoms with Crippen LogP contribution in [0.3, 0.4) is 0 Å². The number of carbonyl (C=O) groups excluding carboxylic acids is 1. The standard InChI is InChI=1S/C12H18N2O4.ClH/c1-7(13)12(15)14-8-5-6-9(16-2)11(18-4)10(8)17-3;/h5-7H,13H2,1-4H3,(H,14,15);1H/t7-;/m1./s1. The molecule has 0 saturated carbocycles. The Morgan fingerprint density at radius 3 is 2.16 bits per heavy atom. The number of amides is 1. The summed E-state index contributed by atoms with van der Waals surface area (Å²) in [7, 11) is 4.51. The number of ether oxygens (including phenoxy) is 3. The highest BCUT2D eigenvalue weighted by atomic mass is 35.5. The summed E-state index contributed by atoms with van der Waals surface area (Å²) >= 11 is 0. The van der Waals surface area contributed by atoms with Crippen molar-refractivity contribution in [3.63, 3.8) is 0 Å². The Kier molecular flexibility index (Phi) is 7.03. The van der Waals surface area contributed by atoms with Gasteiger partial charge < -0.3 is 25.3 Å². The highest BCUT2D eigenvalue weighted by molar-refractivity contribution is 5.96. The summed E-state index contributed by atoms with van der Waals surface area (Å²) < 4.78 is 15.6. The van der Waals surface area contributed by atoms with Gasteiger partial charge in [-0.2, -0.15) is 0 Å². The molecular formula is C12H19ClN2O4. The molecule has 0 aliphatic heterocycles. The Labute approximate surface area is 118 Å². The molecule has 0 aliphatic rings. The third kappa shape index (κ3) is 3.90. The van der Waals surface area contributed by atoms with E-state index < -0.39 is 6.04 Å². The molecule has 3 N–H and O–H groups in total. The summed E-state index contributed by atoms with van der Waals surface area (Å²) in [5, 5.41) is 2.66. The van der Waals surface area contributed by atoms with Crippen LogP contribution in [0.4, 0.5) is 5.69 Å². The van der Waals surface area contributed by atoms with E-state index in [2.05, 4.69) is 5.32 Å². The molecule has 0 heterocycles.